The predicted octanol–water partition coefficient (Wildman–Crippen LogP) is 6.91. The Labute approximate surface area is 242 Å². The Balaban J connectivity index is 1.97. The first-order valence-electron chi connectivity index (χ1n) is 14.9. The first-order valence-corrected chi connectivity index (χ1v) is 14.9. The Hall–Kier alpha value is -2.57. The molecule has 2 aromatic carbocycles. The number of carbonyl (C=O) groups excluding carboxylic acids is 1. The Bertz CT molecular complexity index is 1000. The molecule has 2 N–H and O–H groups in total. The maximum atomic E-state index is 13.2. The van der Waals surface area contributed by atoms with Gasteiger partial charge < -0.3 is 24.6 Å². The van der Waals surface area contributed by atoms with Gasteiger partial charge >= 0.3 is 0 Å². The summed E-state index contributed by atoms with van der Waals surface area (Å²) in [6.45, 7) is 13.9. The molecule has 2 rings (SSSR count). The van der Waals surface area contributed by atoms with Gasteiger partial charge in [-0.3, -0.25) is 4.79 Å². The number of hydrogen-bond donors (Lipinski definition) is 2. The number of methoxy groups -OCH3 is 2. The number of benzene rings is 2. The topological polar surface area (TPSA) is 77.0 Å². The number of aliphatic hydroxyl groups is 1. The second kappa shape index (κ2) is 17.3. The van der Waals surface area contributed by atoms with Crippen molar-refractivity contribution >= 4 is 5.91 Å². The third-order valence-corrected chi connectivity index (χ3v) is 7.89. The lowest BCUT2D eigenvalue weighted by Gasteiger charge is -2.27. The second-order valence-corrected chi connectivity index (χ2v) is 11.8. The van der Waals surface area contributed by atoms with Gasteiger partial charge in [0.2, 0.25) is 5.91 Å². The molecule has 0 bridgehead atoms. The number of hydrogen-bond acceptors (Lipinski definition) is 5. The molecule has 1 amide bonds. The molecule has 0 radical (unpaired) electrons. The molecule has 0 aliphatic rings. The van der Waals surface area contributed by atoms with Crippen LogP contribution in [0, 0.1) is 30.6 Å². The van der Waals surface area contributed by atoms with Gasteiger partial charge in [-0.2, -0.15) is 0 Å². The smallest absolute Gasteiger partial charge is 0.223 e. The van der Waals surface area contributed by atoms with Gasteiger partial charge in [-0.15, -0.1) is 0 Å². The van der Waals surface area contributed by atoms with Crippen LogP contribution in [0.2, 0.25) is 0 Å². The summed E-state index contributed by atoms with van der Waals surface area (Å²) in [6.07, 6.45) is 3.22. The van der Waals surface area contributed by atoms with E-state index < -0.39 is 6.10 Å². The van der Waals surface area contributed by atoms with Crippen molar-refractivity contribution in [1.29, 1.82) is 0 Å². The van der Waals surface area contributed by atoms with Crippen LogP contribution in [0.15, 0.2) is 42.5 Å². The van der Waals surface area contributed by atoms with E-state index in [0.717, 1.165) is 36.3 Å². The van der Waals surface area contributed by atoms with Gasteiger partial charge in [0.15, 0.2) is 11.5 Å². The molecule has 2 aromatic rings. The van der Waals surface area contributed by atoms with Crippen LogP contribution in [0.1, 0.15) is 83.0 Å². The highest BCUT2D eigenvalue weighted by atomic mass is 16.5. The van der Waals surface area contributed by atoms with Crippen molar-refractivity contribution in [3.05, 3.63) is 59.2 Å². The molecule has 4 atom stereocenters. The lowest BCUT2D eigenvalue weighted by molar-refractivity contribution is -0.128. The molecule has 40 heavy (non-hydrogen) atoms. The Morgan fingerprint density at radius 3 is 2.20 bits per heavy atom. The van der Waals surface area contributed by atoms with E-state index in [1.54, 1.807) is 14.2 Å². The fourth-order valence-electron chi connectivity index (χ4n) is 5.08. The molecule has 0 aromatic heterocycles. The van der Waals surface area contributed by atoms with Gasteiger partial charge in [-0.1, -0.05) is 63.6 Å². The van der Waals surface area contributed by atoms with E-state index in [0.29, 0.717) is 37.9 Å². The number of aryl methyl sites for hydroxylation is 1. The summed E-state index contributed by atoms with van der Waals surface area (Å²) in [5.41, 5.74) is 3.48. The average Bonchev–Trinajstić information content (AvgIpc) is 2.92. The molecule has 0 unspecified atom stereocenters. The minimum absolute atomic E-state index is 0.0128. The minimum atomic E-state index is -0.523. The van der Waals surface area contributed by atoms with Gasteiger partial charge in [0.25, 0.3) is 0 Å². The van der Waals surface area contributed by atoms with Crippen molar-refractivity contribution in [1.82, 2.24) is 5.32 Å². The summed E-state index contributed by atoms with van der Waals surface area (Å²) in [5.74, 6) is 2.26. The van der Waals surface area contributed by atoms with Crippen LogP contribution in [-0.2, 0) is 16.0 Å². The van der Waals surface area contributed by atoms with Crippen LogP contribution >= 0.6 is 0 Å². The highest BCUT2D eigenvalue weighted by Crippen LogP contribution is 2.32. The van der Waals surface area contributed by atoms with E-state index in [9.17, 15) is 9.90 Å². The first kappa shape index (κ1) is 33.6. The van der Waals surface area contributed by atoms with E-state index in [2.05, 4.69) is 76.3 Å². The molecule has 0 saturated heterocycles. The predicted molar refractivity (Wildman–Crippen MR) is 163 cm³/mol. The summed E-state index contributed by atoms with van der Waals surface area (Å²) in [5, 5.41) is 14.2. The zero-order valence-electron chi connectivity index (χ0n) is 26.0. The summed E-state index contributed by atoms with van der Waals surface area (Å²) < 4.78 is 16.6. The average molecular weight is 556 g/mol. The van der Waals surface area contributed by atoms with Crippen LogP contribution in [-0.4, -0.2) is 44.6 Å². The monoisotopic (exact) mass is 555 g/mol. The van der Waals surface area contributed by atoms with Gasteiger partial charge in [0.1, 0.15) is 0 Å². The van der Waals surface area contributed by atoms with Crippen LogP contribution in [0.3, 0.4) is 0 Å². The van der Waals surface area contributed by atoms with Crippen molar-refractivity contribution < 1.29 is 24.1 Å². The highest BCUT2D eigenvalue weighted by molar-refractivity contribution is 5.79. The zero-order valence-corrected chi connectivity index (χ0v) is 26.0. The Morgan fingerprint density at radius 1 is 0.900 bits per heavy atom. The van der Waals surface area contributed by atoms with Gasteiger partial charge in [0.05, 0.1) is 25.9 Å². The van der Waals surface area contributed by atoms with Crippen LogP contribution < -0.4 is 14.8 Å². The maximum absolute atomic E-state index is 13.2. The molecule has 6 heteroatoms. The maximum Gasteiger partial charge on any atom is 0.223 e. The molecule has 0 fully saturated rings. The fourth-order valence-corrected chi connectivity index (χ4v) is 5.08. The normalized spacial score (nSPS) is 14.6. The number of aliphatic hydroxyl groups excluding tert-OH is 1. The zero-order chi connectivity index (χ0) is 29.7. The first-order chi connectivity index (χ1) is 19.0. The number of carbonyl (C=O) groups is 1. The van der Waals surface area contributed by atoms with Crippen molar-refractivity contribution in [3.8, 4) is 11.5 Å². The molecular weight excluding hydrogens is 502 g/mol. The molecule has 0 aliphatic carbocycles. The summed E-state index contributed by atoms with van der Waals surface area (Å²) in [4.78, 5) is 13.2. The number of rotatable bonds is 18. The standard InChI is InChI=1S/C34H53NO5/c1-23(2)29(20-27-12-17-32(39-8)33(21-27)40-19-9-18-38-7)15-16-30(36)22-31(24(3)4)34(37)35-26(6)28-13-10-25(5)11-14-28/h10-14,17,21,23-24,26,29-31,36H,9,15-16,18-20,22H2,1-8H3,(H,35,37)/t26-,29+,30+,31-/m0/s1. The molecule has 0 spiro atoms. The van der Waals surface area contributed by atoms with Crippen LogP contribution in [0.5, 0.6) is 11.5 Å². The summed E-state index contributed by atoms with van der Waals surface area (Å²) in [7, 11) is 3.35. The third-order valence-electron chi connectivity index (χ3n) is 7.89. The molecule has 0 heterocycles. The molecule has 224 valence electrons. The van der Waals surface area contributed by atoms with Gasteiger partial charge in [-0.05, 0) is 80.5 Å². The number of amides is 1. The number of ether oxygens (including phenoxy) is 3. The molecule has 6 nitrogen and oxygen atoms in total. The summed E-state index contributed by atoms with van der Waals surface area (Å²) in [6, 6.07) is 14.3. The van der Waals surface area contributed by atoms with E-state index in [1.165, 1.54) is 11.1 Å². The van der Waals surface area contributed by atoms with E-state index in [-0.39, 0.29) is 23.8 Å². The van der Waals surface area contributed by atoms with E-state index in [4.69, 9.17) is 14.2 Å². The quantitative estimate of drug-likeness (QED) is 0.195. The molecule has 0 aliphatic heterocycles. The van der Waals surface area contributed by atoms with Crippen LogP contribution in [0.4, 0.5) is 0 Å². The van der Waals surface area contributed by atoms with Crippen molar-refractivity contribution in [2.24, 2.45) is 23.7 Å². The van der Waals surface area contributed by atoms with Gasteiger partial charge in [0, 0.05) is 26.1 Å². The Morgan fingerprint density at radius 2 is 1.60 bits per heavy atom. The Kier molecular flexibility index (Phi) is 14.5. The SMILES string of the molecule is COCCCOc1cc(C[C@@H](CC[C@@H](O)C[C@H](C(=O)N[C@@H](C)c2ccc(C)cc2)C(C)C)C(C)C)ccc1OC. The number of nitrogens with one attached hydrogen (secondary N) is 1. The van der Waals surface area contributed by atoms with Crippen LogP contribution in [0.25, 0.3) is 0 Å². The minimum Gasteiger partial charge on any atom is -0.493 e. The van der Waals surface area contributed by atoms with Crippen molar-refractivity contribution in [3.63, 3.8) is 0 Å². The van der Waals surface area contributed by atoms with Gasteiger partial charge in [-0.25, -0.2) is 0 Å². The summed E-state index contributed by atoms with van der Waals surface area (Å²) >= 11 is 0. The third kappa shape index (κ3) is 11.1. The van der Waals surface area contributed by atoms with Crippen molar-refractivity contribution in [2.75, 3.05) is 27.4 Å². The lowest BCUT2D eigenvalue weighted by atomic mass is 9.82. The van der Waals surface area contributed by atoms with Crippen molar-refractivity contribution in [2.45, 2.75) is 85.8 Å². The molecular formula is C34H53NO5. The molecule has 0 saturated carbocycles. The fraction of sp³-hybridized carbons (Fsp3) is 0.618. The van der Waals surface area contributed by atoms with E-state index in [1.807, 2.05) is 13.0 Å². The second-order valence-electron chi connectivity index (χ2n) is 11.8. The largest absolute Gasteiger partial charge is 0.493 e. The highest BCUT2D eigenvalue weighted by Gasteiger charge is 2.27. The lowest BCUT2D eigenvalue weighted by Crippen LogP contribution is -2.37. The van der Waals surface area contributed by atoms with E-state index >= 15 is 0 Å².